The number of methoxy groups -OCH3 is 1. The van der Waals surface area contributed by atoms with Crippen LogP contribution >= 0.6 is 0 Å². The third-order valence-electron chi connectivity index (χ3n) is 3.55. The maximum absolute atomic E-state index is 12.0. The van der Waals surface area contributed by atoms with Crippen LogP contribution in [0.3, 0.4) is 0 Å². The van der Waals surface area contributed by atoms with E-state index in [2.05, 4.69) is 16.7 Å². The minimum Gasteiger partial charge on any atom is -0.496 e. The first kappa shape index (κ1) is 14.4. The van der Waals surface area contributed by atoms with E-state index in [0.29, 0.717) is 19.4 Å². The first-order valence-corrected chi connectivity index (χ1v) is 6.72. The van der Waals surface area contributed by atoms with E-state index in [1.165, 1.54) is 0 Å². The van der Waals surface area contributed by atoms with Crippen molar-refractivity contribution in [3.05, 3.63) is 28.8 Å². The summed E-state index contributed by atoms with van der Waals surface area (Å²) in [7, 11) is 1.62. The number of hydrogen-bond acceptors (Lipinski definition) is 3. The molecule has 1 atom stereocenters. The van der Waals surface area contributed by atoms with Crippen LogP contribution in [0.4, 0.5) is 0 Å². The second kappa shape index (κ2) is 5.94. The predicted octanol–water partition coefficient (Wildman–Crippen LogP) is 1.21. The van der Waals surface area contributed by atoms with Crippen LogP contribution in [-0.2, 0) is 16.1 Å². The van der Waals surface area contributed by atoms with Gasteiger partial charge in [-0.3, -0.25) is 9.59 Å². The second-order valence-electron chi connectivity index (χ2n) is 5.14. The Morgan fingerprint density at radius 1 is 1.45 bits per heavy atom. The van der Waals surface area contributed by atoms with Gasteiger partial charge in [-0.1, -0.05) is 6.07 Å². The van der Waals surface area contributed by atoms with Crippen molar-refractivity contribution in [1.82, 2.24) is 10.6 Å². The number of ether oxygens (including phenoxy) is 1. The van der Waals surface area contributed by atoms with E-state index in [9.17, 15) is 9.59 Å². The number of carbonyl (C=O) groups is 2. The van der Waals surface area contributed by atoms with Crippen LogP contribution in [0.2, 0.25) is 0 Å². The van der Waals surface area contributed by atoms with E-state index in [1.54, 1.807) is 7.11 Å². The van der Waals surface area contributed by atoms with Crippen LogP contribution in [0, 0.1) is 13.8 Å². The third-order valence-corrected chi connectivity index (χ3v) is 3.55. The van der Waals surface area contributed by atoms with Crippen molar-refractivity contribution in [2.45, 2.75) is 39.3 Å². The molecule has 1 heterocycles. The Bertz CT molecular complexity index is 540. The average Bonchev–Trinajstić information content (AvgIpc) is 2.83. The maximum Gasteiger partial charge on any atom is 0.242 e. The molecular weight excluding hydrogens is 256 g/mol. The fourth-order valence-electron chi connectivity index (χ4n) is 2.48. The molecule has 1 aromatic rings. The Morgan fingerprint density at radius 3 is 2.80 bits per heavy atom. The van der Waals surface area contributed by atoms with Gasteiger partial charge in [0.05, 0.1) is 7.11 Å². The van der Waals surface area contributed by atoms with Gasteiger partial charge in [-0.2, -0.15) is 0 Å². The molecule has 1 unspecified atom stereocenters. The highest BCUT2D eigenvalue weighted by Gasteiger charge is 2.27. The van der Waals surface area contributed by atoms with E-state index >= 15 is 0 Å². The van der Waals surface area contributed by atoms with Crippen LogP contribution in [-0.4, -0.2) is 25.0 Å². The van der Waals surface area contributed by atoms with E-state index in [0.717, 1.165) is 22.4 Å². The molecule has 2 amide bonds. The molecule has 0 aliphatic carbocycles. The molecule has 20 heavy (non-hydrogen) atoms. The summed E-state index contributed by atoms with van der Waals surface area (Å²) in [4.78, 5) is 23.1. The second-order valence-corrected chi connectivity index (χ2v) is 5.14. The van der Waals surface area contributed by atoms with Gasteiger partial charge in [0.2, 0.25) is 11.8 Å². The zero-order valence-corrected chi connectivity index (χ0v) is 12.1. The monoisotopic (exact) mass is 276 g/mol. The minimum atomic E-state index is -0.403. The zero-order chi connectivity index (χ0) is 14.7. The van der Waals surface area contributed by atoms with E-state index in [1.807, 2.05) is 19.9 Å². The number of rotatable bonds is 4. The average molecular weight is 276 g/mol. The quantitative estimate of drug-likeness (QED) is 0.868. The SMILES string of the molecule is COc1cc(C)cc(C)c1CNC(=O)C1CCC(=O)N1. The van der Waals surface area contributed by atoms with Crippen molar-refractivity contribution < 1.29 is 14.3 Å². The number of benzene rings is 1. The number of amides is 2. The molecule has 1 aromatic carbocycles. The molecule has 0 saturated carbocycles. The molecule has 1 aliphatic rings. The van der Waals surface area contributed by atoms with Gasteiger partial charge in [-0.15, -0.1) is 0 Å². The lowest BCUT2D eigenvalue weighted by atomic mass is 10.0. The normalized spacial score (nSPS) is 17.8. The summed E-state index contributed by atoms with van der Waals surface area (Å²) >= 11 is 0. The Morgan fingerprint density at radius 2 is 2.20 bits per heavy atom. The van der Waals surface area contributed by atoms with Crippen molar-refractivity contribution >= 4 is 11.8 Å². The van der Waals surface area contributed by atoms with E-state index < -0.39 is 6.04 Å². The first-order chi connectivity index (χ1) is 9.51. The molecule has 2 rings (SSSR count). The highest BCUT2D eigenvalue weighted by Crippen LogP contribution is 2.24. The number of aryl methyl sites for hydroxylation is 2. The van der Waals surface area contributed by atoms with Crippen molar-refractivity contribution in [3.8, 4) is 5.75 Å². The number of hydrogen-bond donors (Lipinski definition) is 2. The van der Waals surface area contributed by atoms with Gasteiger partial charge >= 0.3 is 0 Å². The van der Waals surface area contributed by atoms with Crippen molar-refractivity contribution in [1.29, 1.82) is 0 Å². The molecule has 5 nitrogen and oxygen atoms in total. The lowest BCUT2D eigenvalue weighted by molar-refractivity contribution is -0.125. The Hall–Kier alpha value is -2.04. The standard InChI is InChI=1S/C15H20N2O3/c1-9-6-10(2)11(13(7-9)20-3)8-16-15(19)12-4-5-14(18)17-12/h6-7,12H,4-5,8H2,1-3H3,(H,16,19)(H,17,18). The van der Waals surface area contributed by atoms with Gasteiger partial charge < -0.3 is 15.4 Å². The van der Waals surface area contributed by atoms with Crippen molar-refractivity contribution in [2.24, 2.45) is 0 Å². The fraction of sp³-hybridized carbons (Fsp3) is 0.467. The highest BCUT2D eigenvalue weighted by molar-refractivity contribution is 5.90. The molecular formula is C15H20N2O3. The summed E-state index contributed by atoms with van der Waals surface area (Å²) in [6, 6.07) is 3.60. The van der Waals surface area contributed by atoms with Gasteiger partial charge in [0.25, 0.3) is 0 Å². The summed E-state index contributed by atoms with van der Waals surface area (Å²) in [6.45, 7) is 4.40. The van der Waals surface area contributed by atoms with Crippen LogP contribution in [0.15, 0.2) is 12.1 Å². The van der Waals surface area contributed by atoms with Gasteiger partial charge in [0, 0.05) is 18.5 Å². The van der Waals surface area contributed by atoms with Gasteiger partial charge in [0.1, 0.15) is 11.8 Å². The Labute approximate surface area is 118 Å². The largest absolute Gasteiger partial charge is 0.496 e. The van der Waals surface area contributed by atoms with Crippen molar-refractivity contribution in [2.75, 3.05) is 7.11 Å². The molecule has 5 heteroatoms. The van der Waals surface area contributed by atoms with Crippen LogP contribution in [0.25, 0.3) is 0 Å². The smallest absolute Gasteiger partial charge is 0.242 e. The lowest BCUT2D eigenvalue weighted by Crippen LogP contribution is -2.41. The van der Waals surface area contributed by atoms with Crippen LogP contribution in [0.1, 0.15) is 29.5 Å². The Kier molecular flexibility index (Phi) is 4.27. The van der Waals surface area contributed by atoms with E-state index in [4.69, 9.17) is 4.74 Å². The van der Waals surface area contributed by atoms with Crippen molar-refractivity contribution in [3.63, 3.8) is 0 Å². The molecule has 0 aromatic heterocycles. The van der Waals surface area contributed by atoms with Crippen LogP contribution < -0.4 is 15.4 Å². The Balaban J connectivity index is 2.03. The fourth-order valence-corrected chi connectivity index (χ4v) is 2.48. The topological polar surface area (TPSA) is 67.4 Å². The van der Waals surface area contributed by atoms with Gasteiger partial charge in [-0.25, -0.2) is 0 Å². The molecule has 0 spiro atoms. The molecule has 0 bridgehead atoms. The van der Waals surface area contributed by atoms with Crippen LogP contribution in [0.5, 0.6) is 5.75 Å². The molecule has 0 radical (unpaired) electrons. The summed E-state index contributed by atoms with van der Waals surface area (Å²) in [5.74, 6) is 0.574. The number of carbonyl (C=O) groups excluding carboxylic acids is 2. The minimum absolute atomic E-state index is 0.0609. The third kappa shape index (κ3) is 3.10. The molecule has 1 aliphatic heterocycles. The summed E-state index contributed by atoms with van der Waals surface area (Å²) < 4.78 is 5.36. The van der Waals surface area contributed by atoms with Gasteiger partial charge in [-0.05, 0) is 37.5 Å². The molecule has 2 N–H and O–H groups in total. The summed E-state index contributed by atoms with van der Waals surface area (Å²) in [5, 5.41) is 5.52. The molecule has 1 saturated heterocycles. The maximum atomic E-state index is 12.0. The molecule has 1 fully saturated rings. The van der Waals surface area contributed by atoms with Gasteiger partial charge in [0.15, 0.2) is 0 Å². The predicted molar refractivity (Wildman–Crippen MR) is 75.5 cm³/mol. The summed E-state index contributed by atoms with van der Waals surface area (Å²) in [5.41, 5.74) is 3.17. The zero-order valence-electron chi connectivity index (χ0n) is 12.1. The van der Waals surface area contributed by atoms with E-state index in [-0.39, 0.29) is 11.8 Å². The summed E-state index contributed by atoms with van der Waals surface area (Å²) in [6.07, 6.45) is 0.986. The lowest BCUT2D eigenvalue weighted by Gasteiger charge is -2.15. The molecule has 108 valence electrons. The highest BCUT2D eigenvalue weighted by atomic mass is 16.5. The number of nitrogens with one attached hydrogen (secondary N) is 2. The first-order valence-electron chi connectivity index (χ1n) is 6.72.